The van der Waals surface area contributed by atoms with Crippen LogP contribution < -0.4 is 14.5 Å². The summed E-state index contributed by atoms with van der Waals surface area (Å²) in [5.41, 5.74) is 4.73. The smallest absolute Gasteiger partial charge is 0.258 e. The molecule has 3 aromatic carbocycles. The molecule has 3 atom stereocenters. The molecule has 0 saturated carbocycles. The fourth-order valence-corrected chi connectivity index (χ4v) is 5.45. The van der Waals surface area contributed by atoms with E-state index in [0.29, 0.717) is 5.56 Å². The van der Waals surface area contributed by atoms with Gasteiger partial charge in [0.05, 0.1) is 31.0 Å². The topological polar surface area (TPSA) is 56.2 Å². The molecule has 0 aromatic heterocycles. The molecule has 2 aliphatic rings. The van der Waals surface area contributed by atoms with Crippen LogP contribution in [-0.2, 0) is 0 Å². The quantitative estimate of drug-likeness (QED) is 0.616. The van der Waals surface area contributed by atoms with Crippen LogP contribution in [0.3, 0.4) is 0 Å². The lowest BCUT2D eigenvalue weighted by Gasteiger charge is -2.49. The first-order valence-electron chi connectivity index (χ1n) is 12.3. The summed E-state index contributed by atoms with van der Waals surface area (Å²) in [4.78, 5) is 20.0. The van der Waals surface area contributed by atoms with E-state index in [4.69, 9.17) is 4.74 Å². The van der Waals surface area contributed by atoms with Gasteiger partial charge < -0.3 is 19.6 Å². The lowest BCUT2D eigenvalue weighted by Crippen LogP contribution is -2.58. The molecule has 6 heteroatoms. The van der Waals surface area contributed by atoms with Crippen LogP contribution in [0.1, 0.15) is 34.5 Å². The number of ether oxygens (including phenoxy) is 1. The van der Waals surface area contributed by atoms with E-state index in [0.717, 1.165) is 54.4 Å². The van der Waals surface area contributed by atoms with Gasteiger partial charge in [0.2, 0.25) is 0 Å². The number of hydrogen-bond donors (Lipinski definition) is 1. The van der Waals surface area contributed by atoms with Gasteiger partial charge in [-0.05, 0) is 49.7 Å². The Morgan fingerprint density at radius 2 is 1.51 bits per heavy atom. The Balaban J connectivity index is 1.41. The molecule has 1 saturated heterocycles. The number of nitrogens with zero attached hydrogens (tertiary/aromatic N) is 3. The van der Waals surface area contributed by atoms with Gasteiger partial charge in [-0.25, -0.2) is 0 Å². The maximum atomic E-state index is 13.6. The Morgan fingerprint density at radius 1 is 0.886 bits per heavy atom. The highest BCUT2D eigenvalue weighted by atomic mass is 16.5. The van der Waals surface area contributed by atoms with Gasteiger partial charge in [-0.2, -0.15) is 0 Å². The number of aliphatic hydroxyl groups excluding tert-OH is 1. The van der Waals surface area contributed by atoms with Gasteiger partial charge in [0.15, 0.2) is 0 Å². The third-order valence-corrected chi connectivity index (χ3v) is 7.39. The van der Waals surface area contributed by atoms with Crippen molar-refractivity contribution in [1.82, 2.24) is 4.90 Å². The Morgan fingerprint density at radius 3 is 2.20 bits per heavy atom. The molecule has 1 N–H and O–H groups in total. The van der Waals surface area contributed by atoms with Crippen LogP contribution in [0.5, 0.6) is 5.75 Å². The number of carbonyl (C=O) groups is 1. The molecule has 2 aliphatic heterocycles. The summed E-state index contributed by atoms with van der Waals surface area (Å²) in [6.45, 7) is 7.26. The number of aliphatic hydroxyl groups is 1. The Labute approximate surface area is 207 Å². The molecular formula is C29H33N3O3. The molecule has 5 rings (SSSR count). The minimum Gasteiger partial charge on any atom is -0.495 e. The molecule has 35 heavy (non-hydrogen) atoms. The molecule has 2 heterocycles. The summed E-state index contributed by atoms with van der Waals surface area (Å²) in [5, 5.41) is 11.5. The Hall–Kier alpha value is -3.35. The highest BCUT2D eigenvalue weighted by Gasteiger charge is 2.43. The van der Waals surface area contributed by atoms with E-state index in [1.54, 1.807) is 12.0 Å². The predicted molar refractivity (Wildman–Crippen MR) is 139 cm³/mol. The van der Waals surface area contributed by atoms with Crippen LogP contribution in [0.25, 0.3) is 0 Å². The second-order valence-corrected chi connectivity index (χ2v) is 9.47. The van der Waals surface area contributed by atoms with Crippen LogP contribution >= 0.6 is 0 Å². The zero-order valence-corrected chi connectivity index (χ0v) is 20.6. The van der Waals surface area contributed by atoms with Crippen LogP contribution in [0.15, 0.2) is 72.8 Å². The van der Waals surface area contributed by atoms with Crippen molar-refractivity contribution in [3.8, 4) is 5.75 Å². The average molecular weight is 472 g/mol. The van der Waals surface area contributed by atoms with Crippen molar-refractivity contribution in [3.63, 3.8) is 0 Å². The van der Waals surface area contributed by atoms with E-state index in [2.05, 4.69) is 21.9 Å². The Bertz CT molecular complexity index is 1190. The molecule has 1 amide bonds. The fraction of sp³-hybridized carbons (Fsp3) is 0.345. The number of hydrogen-bond acceptors (Lipinski definition) is 5. The fourth-order valence-electron chi connectivity index (χ4n) is 5.45. The SMILES string of the molecule is COc1ccccc1N1CCN([C@H]2c3ccccc3N(C(=O)c3ccc(C)cc3)[C@H](C)[C@@H]2O)CC1. The number of para-hydroxylation sites is 3. The van der Waals surface area contributed by atoms with Gasteiger partial charge >= 0.3 is 0 Å². The zero-order valence-electron chi connectivity index (χ0n) is 20.6. The van der Waals surface area contributed by atoms with E-state index in [1.807, 2.05) is 74.5 Å². The van der Waals surface area contributed by atoms with Gasteiger partial charge in [0.1, 0.15) is 5.75 Å². The summed E-state index contributed by atoms with van der Waals surface area (Å²) in [6.07, 6.45) is -0.697. The maximum Gasteiger partial charge on any atom is 0.258 e. The van der Waals surface area contributed by atoms with E-state index >= 15 is 0 Å². The summed E-state index contributed by atoms with van der Waals surface area (Å²) in [6, 6.07) is 23.2. The summed E-state index contributed by atoms with van der Waals surface area (Å²) in [7, 11) is 1.70. The molecule has 0 spiro atoms. The number of piperazine rings is 1. The highest BCUT2D eigenvalue weighted by Crippen LogP contribution is 2.42. The number of anilines is 2. The van der Waals surface area contributed by atoms with Crippen molar-refractivity contribution in [2.45, 2.75) is 32.0 Å². The highest BCUT2D eigenvalue weighted by molar-refractivity contribution is 6.07. The van der Waals surface area contributed by atoms with Crippen molar-refractivity contribution in [2.75, 3.05) is 43.1 Å². The van der Waals surface area contributed by atoms with E-state index in [9.17, 15) is 9.90 Å². The lowest BCUT2D eigenvalue weighted by molar-refractivity contribution is 0.0234. The molecular weight excluding hydrogens is 438 g/mol. The first kappa shape index (κ1) is 23.4. The van der Waals surface area contributed by atoms with Crippen LogP contribution in [0, 0.1) is 6.92 Å². The van der Waals surface area contributed by atoms with E-state index < -0.39 is 6.10 Å². The average Bonchev–Trinajstić information content (AvgIpc) is 2.90. The zero-order chi connectivity index (χ0) is 24.5. The predicted octanol–water partition coefficient (Wildman–Crippen LogP) is 4.28. The molecule has 6 nitrogen and oxygen atoms in total. The van der Waals surface area contributed by atoms with Crippen molar-refractivity contribution in [2.24, 2.45) is 0 Å². The first-order chi connectivity index (χ1) is 17.0. The number of methoxy groups -OCH3 is 1. The Kier molecular flexibility index (Phi) is 6.50. The first-order valence-corrected chi connectivity index (χ1v) is 12.3. The van der Waals surface area contributed by atoms with Gasteiger partial charge in [-0.15, -0.1) is 0 Å². The third-order valence-electron chi connectivity index (χ3n) is 7.39. The monoisotopic (exact) mass is 471 g/mol. The van der Waals surface area contributed by atoms with Gasteiger partial charge in [-0.3, -0.25) is 9.69 Å². The van der Waals surface area contributed by atoms with Crippen LogP contribution in [0.2, 0.25) is 0 Å². The molecule has 0 unspecified atom stereocenters. The number of rotatable bonds is 4. The summed E-state index contributed by atoms with van der Waals surface area (Å²) in [5.74, 6) is 0.798. The molecule has 1 fully saturated rings. The van der Waals surface area contributed by atoms with Crippen LogP contribution in [0.4, 0.5) is 11.4 Å². The molecule has 0 bridgehead atoms. The van der Waals surface area contributed by atoms with E-state index in [-0.39, 0.29) is 18.0 Å². The van der Waals surface area contributed by atoms with Gasteiger partial charge in [0.25, 0.3) is 5.91 Å². The molecule has 0 radical (unpaired) electrons. The normalized spacial score (nSPS) is 22.6. The number of amides is 1. The maximum absolute atomic E-state index is 13.6. The summed E-state index contributed by atoms with van der Waals surface area (Å²) >= 11 is 0. The summed E-state index contributed by atoms with van der Waals surface area (Å²) < 4.78 is 5.56. The standard InChI is InChI=1S/C29H33N3O3/c1-20-12-14-22(15-13-20)29(34)32-21(2)28(33)27(23-8-4-5-9-24(23)32)31-18-16-30(17-19-31)25-10-6-7-11-26(25)35-3/h4-15,21,27-28,33H,16-19H2,1-3H3/t21-,27+,28+/m1/s1. The minimum atomic E-state index is -0.697. The lowest BCUT2D eigenvalue weighted by atomic mass is 9.87. The van der Waals surface area contributed by atoms with Gasteiger partial charge in [-0.1, -0.05) is 48.0 Å². The number of benzene rings is 3. The van der Waals surface area contributed by atoms with E-state index in [1.165, 1.54) is 0 Å². The molecule has 0 aliphatic carbocycles. The number of aryl methyl sites for hydroxylation is 1. The largest absolute Gasteiger partial charge is 0.495 e. The second kappa shape index (κ2) is 9.72. The van der Waals surface area contributed by atoms with Crippen molar-refractivity contribution in [1.29, 1.82) is 0 Å². The third kappa shape index (κ3) is 4.28. The van der Waals surface area contributed by atoms with Crippen molar-refractivity contribution < 1.29 is 14.6 Å². The number of fused-ring (bicyclic) bond motifs is 1. The second-order valence-electron chi connectivity index (χ2n) is 9.47. The van der Waals surface area contributed by atoms with Crippen molar-refractivity contribution in [3.05, 3.63) is 89.5 Å². The molecule has 3 aromatic rings. The minimum absolute atomic E-state index is 0.0801. The van der Waals surface area contributed by atoms with Gasteiger partial charge in [0, 0.05) is 37.4 Å². The number of carbonyl (C=O) groups excluding carboxylic acids is 1. The van der Waals surface area contributed by atoms with Crippen molar-refractivity contribution >= 4 is 17.3 Å². The molecule has 182 valence electrons. The van der Waals surface area contributed by atoms with Crippen LogP contribution in [-0.4, -0.2) is 61.3 Å².